The number of nitrogens with zero attached hydrogens (tertiary/aromatic N) is 1. The van der Waals surface area contributed by atoms with Crippen LogP contribution in [-0.2, 0) is 4.79 Å². The van der Waals surface area contributed by atoms with E-state index in [-0.39, 0.29) is 5.91 Å². The number of hydrogen-bond acceptors (Lipinski definition) is 3. The van der Waals surface area contributed by atoms with Crippen molar-refractivity contribution in [2.24, 2.45) is 17.6 Å². The van der Waals surface area contributed by atoms with Crippen LogP contribution in [-0.4, -0.2) is 42.0 Å². The zero-order valence-corrected chi connectivity index (χ0v) is 13.2. The molecule has 4 atom stereocenters. The van der Waals surface area contributed by atoms with Gasteiger partial charge in [0.05, 0.1) is 0 Å². The van der Waals surface area contributed by atoms with E-state index in [0.717, 1.165) is 19.5 Å². The van der Waals surface area contributed by atoms with Crippen molar-refractivity contribution in [3.63, 3.8) is 0 Å². The lowest BCUT2D eigenvalue weighted by Gasteiger charge is -2.44. The number of rotatable bonds is 6. The first-order chi connectivity index (χ1) is 8.80. The number of carbonyl (C=O) groups excluding carboxylic acids is 1. The molecule has 1 amide bonds. The fourth-order valence-electron chi connectivity index (χ4n) is 3.07. The van der Waals surface area contributed by atoms with E-state index in [1.54, 1.807) is 0 Å². The number of carbonyl (C=O) groups is 1. The fraction of sp³-hybridized carbons (Fsp3) is 0.933. The molecule has 0 aromatic carbocycles. The van der Waals surface area contributed by atoms with Gasteiger partial charge in [-0.15, -0.1) is 0 Å². The average molecular weight is 269 g/mol. The minimum absolute atomic E-state index is 0.251. The van der Waals surface area contributed by atoms with Crippen LogP contribution in [0.15, 0.2) is 0 Å². The van der Waals surface area contributed by atoms with Crippen LogP contribution < -0.4 is 11.1 Å². The van der Waals surface area contributed by atoms with E-state index in [1.807, 2.05) is 6.92 Å². The summed E-state index contributed by atoms with van der Waals surface area (Å²) in [4.78, 5) is 14.2. The lowest BCUT2D eigenvalue weighted by molar-refractivity contribution is -0.125. The van der Waals surface area contributed by atoms with Crippen molar-refractivity contribution in [1.82, 2.24) is 10.2 Å². The Morgan fingerprint density at radius 3 is 2.58 bits per heavy atom. The summed E-state index contributed by atoms with van der Waals surface area (Å²) >= 11 is 0. The number of piperidine rings is 1. The quantitative estimate of drug-likeness (QED) is 0.770. The molecule has 1 fully saturated rings. The monoisotopic (exact) mass is 269 g/mol. The van der Waals surface area contributed by atoms with Gasteiger partial charge in [-0.3, -0.25) is 9.69 Å². The van der Waals surface area contributed by atoms with Crippen LogP contribution in [0.4, 0.5) is 0 Å². The molecular weight excluding hydrogens is 238 g/mol. The number of primary amides is 1. The first-order valence-corrected chi connectivity index (χ1v) is 7.59. The lowest BCUT2D eigenvalue weighted by atomic mass is 9.84. The molecule has 4 nitrogen and oxygen atoms in total. The first kappa shape index (κ1) is 16.4. The van der Waals surface area contributed by atoms with Crippen LogP contribution in [0.1, 0.15) is 47.5 Å². The van der Waals surface area contributed by atoms with Crippen LogP contribution in [0.2, 0.25) is 0 Å². The molecule has 1 rings (SSSR count). The van der Waals surface area contributed by atoms with Gasteiger partial charge in [-0.05, 0) is 45.1 Å². The van der Waals surface area contributed by atoms with Crippen molar-refractivity contribution in [3.05, 3.63) is 0 Å². The smallest absolute Gasteiger partial charge is 0.238 e. The van der Waals surface area contributed by atoms with Crippen LogP contribution in [0.3, 0.4) is 0 Å². The molecule has 4 unspecified atom stereocenters. The summed E-state index contributed by atoms with van der Waals surface area (Å²) in [5, 5.41) is 3.33. The van der Waals surface area contributed by atoms with E-state index in [9.17, 15) is 4.79 Å². The Bertz CT molecular complexity index is 308. The minimum Gasteiger partial charge on any atom is -0.368 e. The average Bonchev–Trinajstić information content (AvgIpc) is 2.32. The number of nitrogens with one attached hydrogen (secondary N) is 1. The van der Waals surface area contributed by atoms with E-state index < -0.39 is 5.54 Å². The molecule has 1 saturated heterocycles. The molecule has 0 aromatic rings. The van der Waals surface area contributed by atoms with Gasteiger partial charge in [-0.1, -0.05) is 20.8 Å². The Kier molecular flexibility index (Phi) is 5.81. The molecular formula is C15H31N3O. The number of nitrogens with two attached hydrogens (primary N) is 1. The van der Waals surface area contributed by atoms with E-state index in [0.29, 0.717) is 24.4 Å². The second kappa shape index (κ2) is 6.71. The molecule has 19 heavy (non-hydrogen) atoms. The maximum Gasteiger partial charge on any atom is 0.238 e. The number of amides is 1. The summed E-state index contributed by atoms with van der Waals surface area (Å²) in [7, 11) is 0. The maximum absolute atomic E-state index is 11.8. The third kappa shape index (κ3) is 4.18. The normalized spacial score (nSPS) is 31.9. The fourth-order valence-corrected chi connectivity index (χ4v) is 3.07. The maximum atomic E-state index is 11.8. The molecule has 112 valence electrons. The molecule has 1 aliphatic rings. The third-order valence-corrected chi connectivity index (χ3v) is 4.55. The number of likely N-dealkylation sites (tertiary alicyclic amines) is 1. The highest BCUT2D eigenvalue weighted by molar-refractivity contribution is 5.84. The SMILES string of the molecule is CCCNC(C)(CN1CC(C)CC(C)C1C)C(N)=O. The highest BCUT2D eigenvalue weighted by Crippen LogP contribution is 2.28. The molecule has 0 aliphatic carbocycles. The molecule has 1 aliphatic heterocycles. The van der Waals surface area contributed by atoms with Gasteiger partial charge in [-0.2, -0.15) is 0 Å². The summed E-state index contributed by atoms with van der Waals surface area (Å²) in [5.74, 6) is 1.11. The molecule has 0 aromatic heterocycles. The summed E-state index contributed by atoms with van der Waals surface area (Å²) < 4.78 is 0. The van der Waals surface area contributed by atoms with Gasteiger partial charge >= 0.3 is 0 Å². The first-order valence-electron chi connectivity index (χ1n) is 7.59. The van der Waals surface area contributed by atoms with Gasteiger partial charge in [-0.25, -0.2) is 0 Å². The van der Waals surface area contributed by atoms with Crippen molar-refractivity contribution < 1.29 is 4.79 Å². The van der Waals surface area contributed by atoms with Gasteiger partial charge < -0.3 is 11.1 Å². The van der Waals surface area contributed by atoms with Crippen LogP contribution in [0.5, 0.6) is 0 Å². The van der Waals surface area contributed by atoms with Gasteiger partial charge in [0, 0.05) is 19.1 Å². The van der Waals surface area contributed by atoms with E-state index in [1.165, 1.54) is 6.42 Å². The summed E-state index contributed by atoms with van der Waals surface area (Å²) in [6, 6.07) is 0.512. The van der Waals surface area contributed by atoms with Crippen molar-refractivity contribution in [3.8, 4) is 0 Å². The van der Waals surface area contributed by atoms with Gasteiger partial charge in [0.25, 0.3) is 0 Å². The van der Waals surface area contributed by atoms with Crippen molar-refractivity contribution >= 4 is 5.91 Å². The van der Waals surface area contributed by atoms with Gasteiger partial charge in [0.15, 0.2) is 0 Å². The highest BCUT2D eigenvalue weighted by Gasteiger charge is 2.37. The predicted octanol–water partition coefficient (Wildman–Crippen LogP) is 1.60. The van der Waals surface area contributed by atoms with Crippen molar-refractivity contribution in [2.75, 3.05) is 19.6 Å². The van der Waals surface area contributed by atoms with E-state index >= 15 is 0 Å². The van der Waals surface area contributed by atoms with Crippen molar-refractivity contribution in [2.45, 2.75) is 59.0 Å². The minimum atomic E-state index is -0.624. The Balaban J connectivity index is 2.74. The molecule has 0 spiro atoms. The predicted molar refractivity (Wildman–Crippen MR) is 79.9 cm³/mol. The molecule has 0 radical (unpaired) electrons. The van der Waals surface area contributed by atoms with Crippen LogP contribution in [0, 0.1) is 11.8 Å². The van der Waals surface area contributed by atoms with Crippen LogP contribution >= 0.6 is 0 Å². The second-order valence-corrected chi connectivity index (χ2v) is 6.61. The Morgan fingerprint density at radius 1 is 1.42 bits per heavy atom. The Hall–Kier alpha value is -0.610. The largest absolute Gasteiger partial charge is 0.368 e. The molecule has 4 heteroatoms. The molecule has 1 heterocycles. The zero-order chi connectivity index (χ0) is 14.6. The Labute approximate surface area is 118 Å². The van der Waals surface area contributed by atoms with Crippen LogP contribution in [0.25, 0.3) is 0 Å². The number of hydrogen-bond donors (Lipinski definition) is 2. The summed E-state index contributed by atoms with van der Waals surface area (Å²) in [6.45, 7) is 13.5. The van der Waals surface area contributed by atoms with Crippen molar-refractivity contribution in [1.29, 1.82) is 0 Å². The summed E-state index contributed by atoms with van der Waals surface area (Å²) in [5.41, 5.74) is 4.99. The van der Waals surface area contributed by atoms with Gasteiger partial charge in [0.1, 0.15) is 5.54 Å². The zero-order valence-electron chi connectivity index (χ0n) is 13.2. The Morgan fingerprint density at radius 2 is 2.05 bits per heavy atom. The topological polar surface area (TPSA) is 58.4 Å². The highest BCUT2D eigenvalue weighted by atomic mass is 16.1. The summed E-state index contributed by atoms with van der Waals surface area (Å²) in [6.07, 6.45) is 2.28. The molecule has 0 bridgehead atoms. The molecule has 0 saturated carbocycles. The van der Waals surface area contributed by atoms with Gasteiger partial charge in [0.2, 0.25) is 5.91 Å². The second-order valence-electron chi connectivity index (χ2n) is 6.61. The standard InChI is InChI=1S/C15H31N3O/c1-6-7-17-15(5,14(16)19)10-18-9-11(2)8-12(3)13(18)4/h11-13,17H,6-10H2,1-5H3,(H2,16,19). The molecule has 3 N–H and O–H groups in total. The van der Waals surface area contributed by atoms with E-state index in [4.69, 9.17) is 5.73 Å². The third-order valence-electron chi connectivity index (χ3n) is 4.55. The lowest BCUT2D eigenvalue weighted by Crippen LogP contribution is -2.62. The van der Waals surface area contributed by atoms with E-state index in [2.05, 4.69) is 37.9 Å².